The van der Waals surface area contributed by atoms with Gasteiger partial charge in [-0.15, -0.1) is 11.3 Å². The van der Waals surface area contributed by atoms with Crippen molar-refractivity contribution < 1.29 is 9.31 Å². The van der Waals surface area contributed by atoms with Gasteiger partial charge in [0.2, 0.25) is 0 Å². The summed E-state index contributed by atoms with van der Waals surface area (Å²) in [5, 5.41) is 11.0. The number of nitrogens with one attached hydrogen (secondary N) is 1. The van der Waals surface area contributed by atoms with Crippen LogP contribution < -0.4 is 5.56 Å². The number of hydrogen-bond donors (Lipinski definition) is 1. The fraction of sp³-hybridized carbons (Fsp3) is 0. The van der Waals surface area contributed by atoms with Crippen LogP contribution in [0, 0.1) is 15.9 Å². The van der Waals surface area contributed by atoms with Crippen LogP contribution in [-0.2, 0) is 0 Å². The topological polar surface area (TPSA) is 88.9 Å². The Morgan fingerprint density at radius 1 is 1.35 bits per heavy atom. The molecule has 2 aromatic heterocycles. The van der Waals surface area contributed by atoms with Crippen LogP contribution in [0.3, 0.4) is 0 Å². The number of nitro benzene ring substituents is 1. The number of halogens is 1. The number of nitrogens with zero attached hydrogens (tertiary/aromatic N) is 2. The molecule has 0 spiro atoms. The summed E-state index contributed by atoms with van der Waals surface area (Å²) in [5.41, 5.74) is 0.0180. The Labute approximate surface area is 114 Å². The maximum absolute atomic E-state index is 13.3. The van der Waals surface area contributed by atoms with Crippen molar-refractivity contribution in [3.63, 3.8) is 0 Å². The minimum Gasteiger partial charge on any atom is -0.312 e. The van der Waals surface area contributed by atoms with Crippen molar-refractivity contribution in [3.8, 4) is 10.4 Å². The van der Waals surface area contributed by atoms with Crippen LogP contribution in [0.5, 0.6) is 0 Å². The molecular formula is C12H6FN3O3S. The Balaban J connectivity index is 2.30. The number of aromatic nitrogens is 2. The third kappa shape index (κ3) is 1.95. The van der Waals surface area contributed by atoms with Crippen molar-refractivity contribution in [2.24, 2.45) is 0 Å². The van der Waals surface area contributed by atoms with Crippen LogP contribution in [-0.4, -0.2) is 14.9 Å². The largest absolute Gasteiger partial charge is 0.312 e. The van der Waals surface area contributed by atoms with Crippen LogP contribution in [0.25, 0.3) is 20.7 Å². The van der Waals surface area contributed by atoms with Gasteiger partial charge < -0.3 is 4.98 Å². The lowest BCUT2D eigenvalue weighted by molar-refractivity contribution is -0.384. The van der Waals surface area contributed by atoms with E-state index in [1.807, 2.05) is 0 Å². The number of aromatic amines is 1. The van der Waals surface area contributed by atoms with E-state index in [9.17, 15) is 19.3 Å². The first kappa shape index (κ1) is 12.4. The number of thiophene rings is 1. The van der Waals surface area contributed by atoms with E-state index in [0.29, 0.717) is 15.1 Å². The molecule has 6 nitrogen and oxygen atoms in total. The van der Waals surface area contributed by atoms with Crippen LogP contribution >= 0.6 is 11.3 Å². The van der Waals surface area contributed by atoms with Gasteiger partial charge in [-0.1, -0.05) is 0 Å². The highest BCUT2D eigenvalue weighted by atomic mass is 32.1. The van der Waals surface area contributed by atoms with E-state index >= 15 is 0 Å². The average Bonchev–Trinajstić information content (AvgIpc) is 2.83. The fourth-order valence-corrected chi connectivity index (χ4v) is 2.90. The fourth-order valence-electron chi connectivity index (χ4n) is 1.86. The number of hydrogen-bond acceptors (Lipinski definition) is 5. The number of benzene rings is 1. The van der Waals surface area contributed by atoms with Gasteiger partial charge >= 0.3 is 0 Å². The molecule has 1 aromatic carbocycles. The zero-order valence-corrected chi connectivity index (χ0v) is 10.6. The van der Waals surface area contributed by atoms with Crippen LogP contribution in [0.4, 0.5) is 10.1 Å². The molecule has 0 radical (unpaired) electrons. The molecule has 100 valence electrons. The van der Waals surface area contributed by atoms with E-state index in [-0.39, 0.29) is 16.8 Å². The Kier molecular flexibility index (Phi) is 2.79. The summed E-state index contributed by atoms with van der Waals surface area (Å²) in [5.74, 6) is -0.579. The number of fused-ring (bicyclic) bond motifs is 1. The summed E-state index contributed by atoms with van der Waals surface area (Å²) in [4.78, 5) is 28.8. The molecule has 0 bridgehead atoms. The summed E-state index contributed by atoms with van der Waals surface area (Å²) in [6.45, 7) is 0. The second-order valence-electron chi connectivity index (χ2n) is 3.98. The Morgan fingerprint density at radius 2 is 2.15 bits per heavy atom. The molecule has 0 amide bonds. The summed E-state index contributed by atoms with van der Waals surface area (Å²) in [6.07, 6.45) is 1.25. The van der Waals surface area contributed by atoms with Crippen LogP contribution in [0.15, 0.2) is 35.4 Å². The zero-order chi connectivity index (χ0) is 14.3. The van der Waals surface area contributed by atoms with Crippen molar-refractivity contribution in [2.75, 3.05) is 0 Å². The first-order valence-electron chi connectivity index (χ1n) is 5.48. The van der Waals surface area contributed by atoms with Gasteiger partial charge in [0.1, 0.15) is 10.5 Å². The number of H-pyrrole nitrogens is 1. The van der Waals surface area contributed by atoms with Crippen LogP contribution in [0.1, 0.15) is 0 Å². The van der Waals surface area contributed by atoms with E-state index in [2.05, 4.69) is 9.97 Å². The first-order chi connectivity index (χ1) is 9.56. The molecule has 0 saturated carbocycles. The highest BCUT2D eigenvalue weighted by Crippen LogP contribution is 2.36. The monoisotopic (exact) mass is 291 g/mol. The summed E-state index contributed by atoms with van der Waals surface area (Å²) >= 11 is 1.04. The quantitative estimate of drug-likeness (QED) is 0.580. The molecule has 2 heterocycles. The average molecular weight is 291 g/mol. The van der Waals surface area contributed by atoms with Gasteiger partial charge in [-0.25, -0.2) is 9.37 Å². The number of nitro groups is 1. The van der Waals surface area contributed by atoms with Crippen LogP contribution in [0.2, 0.25) is 0 Å². The Hall–Kier alpha value is -2.61. The third-order valence-corrected chi connectivity index (χ3v) is 3.90. The lowest BCUT2D eigenvalue weighted by atomic mass is 10.1. The van der Waals surface area contributed by atoms with Crippen molar-refractivity contribution in [1.82, 2.24) is 9.97 Å². The summed E-state index contributed by atoms with van der Waals surface area (Å²) < 4.78 is 13.7. The minimum absolute atomic E-state index is 0.136. The zero-order valence-electron chi connectivity index (χ0n) is 9.79. The molecule has 0 atom stereocenters. The normalized spacial score (nSPS) is 10.8. The highest BCUT2D eigenvalue weighted by Gasteiger charge is 2.19. The predicted octanol–water partition coefficient (Wildman–Crippen LogP) is 2.70. The van der Waals surface area contributed by atoms with E-state index in [1.165, 1.54) is 12.4 Å². The predicted molar refractivity (Wildman–Crippen MR) is 72.3 cm³/mol. The summed E-state index contributed by atoms with van der Waals surface area (Å²) in [6, 6.07) is 4.75. The lowest BCUT2D eigenvalue weighted by Crippen LogP contribution is -2.02. The Morgan fingerprint density at radius 3 is 2.85 bits per heavy atom. The molecule has 0 aliphatic carbocycles. The third-order valence-electron chi connectivity index (χ3n) is 2.74. The minimum atomic E-state index is -0.586. The standard InChI is InChI=1S/C12H6FN3O3S/c13-6-1-2-9(16(18)19)7(3-6)10-4-8-11(20-10)12(17)15-5-14-8/h1-5H,(H,14,15,17). The maximum atomic E-state index is 13.3. The molecule has 0 unspecified atom stereocenters. The molecule has 0 saturated heterocycles. The van der Waals surface area contributed by atoms with Gasteiger partial charge in [-0.2, -0.15) is 0 Å². The summed E-state index contributed by atoms with van der Waals surface area (Å²) in [7, 11) is 0. The van der Waals surface area contributed by atoms with E-state index in [1.54, 1.807) is 0 Å². The molecule has 3 rings (SSSR count). The molecule has 0 aliphatic heterocycles. The highest BCUT2D eigenvalue weighted by molar-refractivity contribution is 7.22. The van der Waals surface area contributed by atoms with Crippen molar-refractivity contribution in [2.45, 2.75) is 0 Å². The van der Waals surface area contributed by atoms with Crippen molar-refractivity contribution in [1.29, 1.82) is 0 Å². The van der Waals surface area contributed by atoms with E-state index in [0.717, 1.165) is 29.5 Å². The van der Waals surface area contributed by atoms with Gasteiger partial charge in [0.15, 0.2) is 0 Å². The second kappa shape index (κ2) is 4.49. The molecular weight excluding hydrogens is 285 g/mol. The van der Waals surface area contributed by atoms with Gasteiger partial charge in [0, 0.05) is 10.9 Å². The van der Waals surface area contributed by atoms with Crippen molar-refractivity contribution in [3.05, 3.63) is 56.9 Å². The van der Waals surface area contributed by atoms with Crippen molar-refractivity contribution >= 4 is 27.2 Å². The maximum Gasteiger partial charge on any atom is 0.278 e. The molecule has 1 N–H and O–H groups in total. The lowest BCUT2D eigenvalue weighted by Gasteiger charge is -1.99. The molecule has 3 aromatic rings. The Bertz CT molecular complexity index is 887. The van der Waals surface area contributed by atoms with E-state index in [4.69, 9.17) is 0 Å². The molecule has 8 heteroatoms. The first-order valence-corrected chi connectivity index (χ1v) is 6.29. The molecule has 20 heavy (non-hydrogen) atoms. The SMILES string of the molecule is O=c1[nH]cnc2cc(-c3cc(F)ccc3[N+](=O)[O-])sc12. The van der Waals surface area contributed by atoms with Gasteiger partial charge in [-0.3, -0.25) is 14.9 Å². The second-order valence-corrected chi connectivity index (χ2v) is 5.03. The number of rotatable bonds is 2. The molecule has 0 aliphatic rings. The van der Waals surface area contributed by atoms with E-state index < -0.39 is 10.7 Å². The smallest absolute Gasteiger partial charge is 0.278 e. The molecule has 0 fully saturated rings. The van der Waals surface area contributed by atoms with Gasteiger partial charge in [0.05, 0.1) is 22.3 Å². The van der Waals surface area contributed by atoms with Gasteiger partial charge in [-0.05, 0) is 18.2 Å². The van der Waals surface area contributed by atoms with Gasteiger partial charge in [0.25, 0.3) is 11.2 Å².